The molecule has 4 rings (SSSR count). The van der Waals surface area contributed by atoms with Crippen molar-refractivity contribution in [3.05, 3.63) is 59.9 Å². The summed E-state index contributed by atoms with van der Waals surface area (Å²) < 4.78 is 11.6. The number of carbonyl (C=O) groups is 1. The molecule has 136 valence electrons. The van der Waals surface area contributed by atoms with Crippen LogP contribution in [-0.2, 0) is 11.3 Å². The van der Waals surface area contributed by atoms with E-state index in [2.05, 4.69) is 10.3 Å². The van der Waals surface area contributed by atoms with Gasteiger partial charge in [0.25, 0.3) is 5.91 Å². The molecule has 1 aromatic carbocycles. The SMILES string of the molecule is O=C(NC1CCCC2OCCC12)c1cccc(OCc2cccnc2)c1. The molecule has 0 spiro atoms. The lowest BCUT2D eigenvalue weighted by Crippen LogP contribution is -2.45. The number of ether oxygens (including phenoxy) is 2. The van der Waals surface area contributed by atoms with Gasteiger partial charge in [-0.2, -0.15) is 0 Å². The fourth-order valence-electron chi connectivity index (χ4n) is 3.98. The third-order valence-electron chi connectivity index (χ3n) is 5.32. The van der Waals surface area contributed by atoms with Gasteiger partial charge in [0.2, 0.25) is 0 Å². The van der Waals surface area contributed by atoms with Gasteiger partial charge in [-0.1, -0.05) is 12.1 Å². The van der Waals surface area contributed by atoms with Crippen molar-refractivity contribution >= 4 is 5.91 Å². The molecule has 1 saturated carbocycles. The molecule has 2 fully saturated rings. The van der Waals surface area contributed by atoms with Crippen LogP contribution in [0, 0.1) is 5.92 Å². The molecule has 1 amide bonds. The Morgan fingerprint density at radius 1 is 1.23 bits per heavy atom. The van der Waals surface area contributed by atoms with Crippen molar-refractivity contribution in [3.8, 4) is 5.75 Å². The second-order valence-corrected chi connectivity index (χ2v) is 7.05. The standard InChI is InChI=1S/C21H24N2O3/c24-21(23-19-7-2-8-20-18(19)9-11-25-20)16-5-1-6-17(12-16)26-14-15-4-3-10-22-13-15/h1,3-6,10,12-13,18-20H,2,7-9,11,14H2,(H,23,24). The van der Waals surface area contributed by atoms with Gasteiger partial charge < -0.3 is 14.8 Å². The third-order valence-corrected chi connectivity index (χ3v) is 5.32. The van der Waals surface area contributed by atoms with E-state index in [0.717, 1.165) is 37.9 Å². The number of nitrogens with one attached hydrogen (secondary N) is 1. The third kappa shape index (κ3) is 3.88. The maximum Gasteiger partial charge on any atom is 0.251 e. The first kappa shape index (κ1) is 17.0. The molecule has 26 heavy (non-hydrogen) atoms. The highest BCUT2D eigenvalue weighted by Gasteiger charge is 2.38. The van der Waals surface area contributed by atoms with Crippen molar-refractivity contribution in [2.75, 3.05) is 6.61 Å². The molecule has 3 unspecified atom stereocenters. The zero-order chi connectivity index (χ0) is 17.8. The summed E-state index contributed by atoms with van der Waals surface area (Å²) in [5, 5.41) is 3.22. The van der Waals surface area contributed by atoms with Gasteiger partial charge >= 0.3 is 0 Å². The van der Waals surface area contributed by atoms with E-state index in [4.69, 9.17) is 9.47 Å². The first-order chi connectivity index (χ1) is 12.8. The van der Waals surface area contributed by atoms with Crippen LogP contribution in [0.15, 0.2) is 48.8 Å². The minimum Gasteiger partial charge on any atom is -0.489 e. The lowest BCUT2D eigenvalue weighted by Gasteiger charge is -2.33. The molecule has 0 bridgehead atoms. The van der Waals surface area contributed by atoms with Crippen LogP contribution in [0.25, 0.3) is 0 Å². The number of hydrogen-bond donors (Lipinski definition) is 1. The van der Waals surface area contributed by atoms with Crippen molar-refractivity contribution < 1.29 is 14.3 Å². The number of fused-ring (bicyclic) bond motifs is 1. The maximum absolute atomic E-state index is 12.7. The summed E-state index contributed by atoms with van der Waals surface area (Å²) in [4.78, 5) is 16.8. The summed E-state index contributed by atoms with van der Waals surface area (Å²) in [5.74, 6) is 1.11. The van der Waals surface area contributed by atoms with Crippen molar-refractivity contribution in [1.82, 2.24) is 10.3 Å². The number of carbonyl (C=O) groups excluding carboxylic acids is 1. The van der Waals surface area contributed by atoms with Crippen LogP contribution in [-0.4, -0.2) is 29.6 Å². The molecule has 5 nitrogen and oxygen atoms in total. The minimum atomic E-state index is -0.0330. The fraction of sp³-hybridized carbons (Fsp3) is 0.429. The molecule has 0 radical (unpaired) electrons. The second-order valence-electron chi connectivity index (χ2n) is 7.05. The average molecular weight is 352 g/mol. The van der Waals surface area contributed by atoms with E-state index in [1.807, 2.05) is 30.3 Å². The van der Waals surface area contributed by atoms with Gasteiger partial charge in [0.1, 0.15) is 12.4 Å². The van der Waals surface area contributed by atoms with Gasteiger partial charge in [0.15, 0.2) is 0 Å². The minimum absolute atomic E-state index is 0.0330. The van der Waals surface area contributed by atoms with Crippen LogP contribution in [0.2, 0.25) is 0 Å². The molecule has 2 aromatic rings. The van der Waals surface area contributed by atoms with E-state index in [-0.39, 0.29) is 11.9 Å². The topological polar surface area (TPSA) is 60.5 Å². The van der Waals surface area contributed by atoms with Crippen LogP contribution in [0.3, 0.4) is 0 Å². The predicted octanol–water partition coefficient (Wildman–Crippen LogP) is 3.35. The van der Waals surface area contributed by atoms with Crippen molar-refractivity contribution in [2.45, 2.75) is 44.4 Å². The summed E-state index contributed by atoms with van der Waals surface area (Å²) >= 11 is 0. The van der Waals surface area contributed by atoms with Gasteiger partial charge in [0, 0.05) is 42.1 Å². The van der Waals surface area contributed by atoms with Crippen LogP contribution in [0.1, 0.15) is 41.6 Å². The van der Waals surface area contributed by atoms with Crippen LogP contribution < -0.4 is 10.1 Å². The molecule has 1 saturated heterocycles. The summed E-state index contributed by atoms with van der Waals surface area (Å²) in [6.45, 7) is 1.25. The first-order valence-corrected chi connectivity index (χ1v) is 9.34. The van der Waals surface area contributed by atoms with Gasteiger partial charge in [-0.25, -0.2) is 0 Å². The van der Waals surface area contributed by atoms with Gasteiger partial charge in [-0.3, -0.25) is 9.78 Å². The Kier molecular flexibility index (Phi) is 5.16. The lowest BCUT2D eigenvalue weighted by molar-refractivity contribution is 0.0510. The summed E-state index contributed by atoms with van der Waals surface area (Å²) in [5.41, 5.74) is 1.63. The Balaban J connectivity index is 1.38. The van der Waals surface area contributed by atoms with Gasteiger partial charge in [-0.15, -0.1) is 0 Å². The van der Waals surface area contributed by atoms with E-state index < -0.39 is 0 Å². The molecule has 3 atom stereocenters. The normalized spacial score (nSPS) is 24.7. The van der Waals surface area contributed by atoms with Crippen LogP contribution in [0.4, 0.5) is 0 Å². The number of pyridine rings is 1. The molecule has 2 aliphatic rings. The van der Waals surface area contributed by atoms with E-state index in [9.17, 15) is 4.79 Å². The monoisotopic (exact) mass is 352 g/mol. The molecule has 1 N–H and O–H groups in total. The zero-order valence-electron chi connectivity index (χ0n) is 14.8. The van der Waals surface area contributed by atoms with E-state index >= 15 is 0 Å². The highest BCUT2D eigenvalue weighted by Crippen LogP contribution is 2.34. The number of rotatable bonds is 5. The summed E-state index contributed by atoms with van der Waals surface area (Å²) in [7, 11) is 0. The fourth-order valence-corrected chi connectivity index (χ4v) is 3.98. The van der Waals surface area contributed by atoms with Gasteiger partial charge in [0.05, 0.1) is 6.10 Å². The number of benzene rings is 1. The van der Waals surface area contributed by atoms with Crippen LogP contribution >= 0.6 is 0 Å². The molecule has 5 heteroatoms. The molecular weight excluding hydrogens is 328 g/mol. The van der Waals surface area contributed by atoms with E-state index in [1.54, 1.807) is 18.5 Å². The average Bonchev–Trinajstić information content (AvgIpc) is 3.17. The molecule has 1 aliphatic heterocycles. The Labute approximate surface area is 153 Å². The summed E-state index contributed by atoms with van der Waals surface area (Å²) in [6.07, 6.45) is 8.15. The molecule has 1 aromatic heterocycles. The first-order valence-electron chi connectivity index (χ1n) is 9.34. The number of aromatic nitrogens is 1. The van der Waals surface area contributed by atoms with E-state index in [0.29, 0.717) is 29.9 Å². The Morgan fingerprint density at radius 2 is 2.19 bits per heavy atom. The van der Waals surface area contributed by atoms with Crippen molar-refractivity contribution in [1.29, 1.82) is 0 Å². The lowest BCUT2D eigenvalue weighted by atomic mass is 9.81. The highest BCUT2D eigenvalue weighted by atomic mass is 16.5. The van der Waals surface area contributed by atoms with Crippen molar-refractivity contribution in [3.63, 3.8) is 0 Å². The number of amides is 1. The molecule has 1 aliphatic carbocycles. The zero-order valence-corrected chi connectivity index (χ0v) is 14.8. The quantitative estimate of drug-likeness (QED) is 0.896. The highest BCUT2D eigenvalue weighted by molar-refractivity contribution is 5.94. The van der Waals surface area contributed by atoms with Crippen LogP contribution in [0.5, 0.6) is 5.75 Å². The molecular formula is C21H24N2O3. The summed E-state index contributed by atoms with van der Waals surface area (Å²) in [6, 6.07) is 11.4. The van der Waals surface area contributed by atoms with E-state index in [1.165, 1.54) is 0 Å². The molecule has 2 heterocycles. The largest absolute Gasteiger partial charge is 0.489 e. The van der Waals surface area contributed by atoms with Crippen molar-refractivity contribution in [2.24, 2.45) is 5.92 Å². The predicted molar refractivity (Wildman–Crippen MR) is 98.0 cm³/mol. The smallest absolute Gasteiger partial charge is 0.251 e. The second kappa shape index (κ2) is 7.87. The maximum atomic E-state index is 12.7. The van der Waals surface area contributed by atoms with Gasteiger partial charge in [-0.05, 0) is 49.9 Å². The Bertz CT molecular complexity index is 750. The number of nitrogens with zero attached hydrogens (tertiary/aromatic N) is 1. The Morgan fingerprint density at radius 3 is 3.08 bits per heavy atom. The Hall–Kier alpha value is -2.40. The number of hydrogen-bond acceptors (Lipinski definition) is 4.